The topological polar surface area (TPSA) is 36.0 Å². The molecule has 1 unspecified atom stereocenters. The lowest BCUT2D eigenvalue weighted by atomic mass is 9.89. The molecule has 0 aliphatic rings. The van der Waals surface area contributed by atoms with Crippen LogP contribution in [0.15, 0.2) is 72.4 Å². The second kappa shape index (κ2) is 6.02. The second-order valence-electron chi connectivity index (χ2n) is 4.73. The summed E-state index contributed by atoms with van der Waals surface area (Å²) in [6.45, 7) is 0. The normalized spacial score (nSPS) is 13.0. The Kier molecular flexibility index (Phi) is 4.10. The van der Waals surface area contributed by atoms with Gasteiger partial charge in [0, 0.05) is 17.3 Å². The lowest BCUT2D eigenvalue weighted by molar-refractivity contribution is 0.579. The van der Waals surface area contributed by atoms with Crippen LogP contribution in [0, 0.1) is 0 Å². The Morgan fingerprint density at radius 1 is 0.952 bits per heavy atom. The number of nitrogens with zero attached hydrogens (tertiary/aromatic N) is 1. The fourth-order valence-electron chi connectivity index (χ4n) is 2.66. The first-order valence-corrected chi connectivity index (χ1v) is 9.03. The van der Waals surface area contributed by atoms with E-state index in [9.17, 15) is 4.55 Å². The van der Waals surface area contributed by atoms with E-state index in [4.69, 9.17) is 0 Å². The third-order valence-corrected chi connectivity index (χ3v) is 6.15. The Hall–Kier alpha value is -1.62. The first-order chi connectivity index (χ1) is 10.3. The molecule has 1 aromatic heterocycles. The fourth-order valence-corrected chi connectivity index (χ4v) is 5.19. The number of rotatable bonds is 4. The predicted octanol–water partition coefficient (Wildman–Crippen LogP) is 3.81. The molecule has 0 N–H and O–H groups in total. The van der Waals surface area contributed by atoms with Crippen molar-refractivity contribution >= 4 is 22.5 Å². The number of thiazole rings is 1. The van der Waals surface area contributed by atoms with Crippen LogP contribution in [0.1, 0.15) is 16.0 Å². The van der Waals surface area contributed by atoms with Gasteiger partial charge in [0.15, 0.2) is 0 Å². The van der Waals surface area contributed by atoms with Crippen molar-refractivity contribution in [3.63, 3.8) is 0 Å². The van der Waals surface area contributed by atoms with Crippen LogP contribution in [-0.4, -0.2) is 15.8 Å². The molecular weight excluding hydrogens is 298 g/mol. The third-order valence-electron chi connectivity index (χ3n) is 3.57. The molecular formula is C17H15NOS2. The largest absolute Gasteiger partial charge is 0.615 e. The van der Waals surface area contributed by atoms with Gasteiger partial charge in [-0.25, -0.2) is 0 Å². The van der Waals surface area contributed by atoms with Crippen molar-refractivity contribution in [2.75, 3.05) is 6.26 Å². The van der Waals surface area contributed by atoms with E-state index >= 15 is 0 Å². The van der Waals surface area contributed by atoms with Crippen LogP contribution >= 0.6 is 11.3 Å². The molecule has 106 valence electrons. The number of hydrogen-bond acceptors (Lipinski definition) is 3. The molecule has 21 heavy (non-hydrogen) atoms. The Labute approximate surface area is 131 Å². The van der Waals surface area contributed by atoms with Crippen LogP contribution in [0.2, 0.25) is 0 Å². The summed E-state index contributed by atoms with van der Waals surface area (Å²) in [4.78, 5) is 5.21. The molecule has 1 atom stereocenters. The molecule has 3 rings (SSSR count). The molecule has 0 saturated heterocycles. The zero-order valence-corrected chi connectivity index (χ0v) is 13.2. The van der Waals surface area contributed by atoms with E-state index in [1.807, 2.05) is 66.9 Å². The van der Waals surface area contributed by atoms with Crippen molar-refractivity contribution in [2.24, 2.45) is 0 Å². The van der Waals surface area contributed by atoms with Gasteiger partial charge in [0.05, 0.1) is 16.6 Å². The van der Waals surface area contributed by atoms with Gasteiger partial charge in [0.25, 0.3) is 0 Å². The number of aromatic nitrogens is 1. The highest BCUT2D eigenvalue weighted by atomic mass is 32.2. The molecule has 0 aliphatic carbocycles. The minimum atomic E-state index is -1.12. The average Bonchev–Trinajstić information content (AvgIpc) is 3.04. The van der Waals surface area contributed by atoms with Crippen LogP contribution in [0.4, 0.5) is 0 Å². The molecule has 0 spiro atoms. The summed E-state index contributed by atoms with van der Waals surface area (Å²) in [6.07, 6.45) is 3.59. The zero-order valence-electron chi connectivity index (χ0n) is 11.6. The summed E-state index contributed by atoms with van der Waals surface area (Å²) in [5.74, 6) is 0. The molecule has 0 aliphatic heterocycles. The van der Waals surface area contributed by atoms with Gasteiger partial charge in [-0.1, -0.05) is 60.7 Å². The number of benzene rings is 2. The van der Waals surface area contributed by atoms with E-state index in [0.717, 1.165) is 16.0 Å². The van der Waals surface area contributed by atoms with Gasteiger partial charge >= 0.3 is 0 Å². The predicted molar refractivity (Wildman–Crippen MR) is 88.9 cm³/mol. The molecule has 2 aromatic carbocycles. The molecule has 0 fully saturated rings. The molecule has 2 nitrogen and oxygen atoms in total. The second-order valence-corrected chi connectivity index (χ2v) is 7.14. The van der Waals surface area contributed by atoms with Crippen molar-refractivity contribution in [1.82, 2.24) is 4.98 Å². The van der Waals surface area contributed by atoms with Gasteiger partial charge in [-0.05, 0) is 11.2 Å². The van der Waals surface area contributed by atoms with E-state index in [2.05, 4.69) is 4.98 Å². The first-order valence-electron chi connectivity index (χ1n) is 6.60. The monoisotopic (exact) mass is 313 g/mol. The summed E-state index contributed by atoms with van der Waals surface area (Å²) in [6, 6.07) is 20.0. The molecule has 0 saturated carbocycles. The van der Waals surface area contributed by atoms with Crippen molar-refractivity contribution in [2.45, 2.75) is 4.75 Å². The molecule has 1 heterocycles. The van der Waals surface area contributed by atoms with Crippen LogP contribution < -0.4 is 0 Å². The van der Waals surface area contributed by atoms with E-state index in [0.29, 0.717) is 0 Å². The summed E-state index contributed by atoms with van der Waals surface area (Å²) in [5.41, 5.74) is 3.85. The Morgan fingerprint density at radius 2 is 1.48 bits per heavy atom. The summed E-state index contributed by atoms with van der Waals surface area (Å²) in [5, 5.41) is 0. The summed E-state index contributed by atoms with van der Waals surface area (Å²) >= 11 is 0.421. The third kappa shape index (κ3) is 2.39. The maximum Gasteiger partial charge on any atom is 0.211 e. The van der Waals surface area contributed by atoms with Crippen LogP contribution in [0.25, 0.3) is 0 Å². The Balaban J connectivity index is 2.33. The Morgan fingerprint density at radius 3 is 1.86 bits per heavy atom. The van der Waals surface area contributed by atoms with E-state index in [1.54, 1.807) is 23.1 Å². The van der Waals surface area contributed by atoms with Crippen molar-refractivity contribution in [3.8, 4) is 0 Å². The van der Waals surface area contributed by atoms with E-state index in [1.165, 1.54) is 0 Å². The molecule has 3 aromatic rings. The average molecular weight is 313 g/mol. The fraction of sp³-hybridized carbons (Fsp3) is 0.118. The van der Waals surface area contributed by atoms with Crippen LogP contribution in [0.3, 0.4) is 0 Å². The highest BCUT2D eigenvalue weighted by Gasteiger charge is 2.46. The van der Waals surface area contributed by atoms with Crippen LogP contribution in [-0.2, 0) is 15.9 Å². The van der Waals surface area contributed by atoms with Crippen LogP contribution in [0.5, 0.6) is 0 Å². The Bertz CT molecular complexity index is 642. The quantitative estimate of drug-likeness (QED) is 0.687. The molecule has 0 radical (unpaired) electrons. The summed E-state index contributed by atoms with van der Waals surface area (Å²) < 4.78 is 12.2. The van der Waals surface area contributed by atoms with Gasteiger partial charge in [0.2, 0.25) is 4.75 Å². The minimum Gasteiger partial charge on any atom is -0.615 e. The van der Waals surface area contributed by atoms with Gasteiger partial charge in [-0.3, -0.25) is 4.98 Å². The van der Waals surface area contributed by atoms with Crippen molar-refractivity contribution in [1.29, 1.82) is 0 Å². The van der Waals surface area contributed by atoms with E-state index in [-0.39, 0.29) is 0 Å². The van der Waals surface area contributed by atoms with Gasteiger partial charge in [-0.2, -0.15) is 0 Å². The summed E-state index contributed by atoms with van der Waals surface area (Å²) in [7, 11) is 0. The van der Waals surface area contributed by atoms with Gasteiger partial charge < -0.3 is 4.55 Å². The highest BCUT2D eigenvalue weighted by molar-refractivity contribution is 7.92. The first kappa shape index (κ1) is 14.3. The van der Waals surface area contributed by atoms with Gasteiger partial charge in [0.1, 0.15) is 0 Å². The lowest BCUT2D eigenvalue weighted by Crippen LogP contribution is -2.37. The van der Waals surface area contributed by atoms with Crippen molar-refractivity contribution in [3.05, 3.63) is 88.4 Å². The molecule has 0 amide bonds. The van der Waals surface area contributed by atoms with Gasteiger partial charge in [-0.15, -0.1) is 11.3 Å². The maximum absolute atomic E-state index is 12.9. The van der Waals surface area contributed by atoms with E-state index < -0.39 is 15.9 Å². The SMILES string of the molecule is C[S+]([O-])C(c1ccccc1)(c1ccccc1)c1cncs1. The van der Waals surface area contributed by atoms with Crippen molar-refractivity contribution < 1.29 is 4.55 Å². The lowest BCUT2D eigenvalue weighted by Gasteiger charge is -2.33. The highest BCUT2D eigenvalue weighted by Crippen LogP contribution is 2.44. The maximum atomic E-state index is 12.9. The molecule has 4 heteroatoms. The smallest absolute Gasteiger partial charge is 0.211 e. The standard InChI is InChI=1S/C17H15NOS2/c1-21(19)17(16-12-18-13-20-16,14-8-4-2-5-9-14)15-10-6-3-7-11-15/h2-13H,1H3. The zero-order chi connectivity index (χ0) is 14.7. The molecule has 0 bridgehead atoms. The minimum absolute atomic E-state index is 0.663. The number of hydrogen-bond donors (Lipinski definition) is 0.